The summed E-state index contributed by atoms with van der Waals surface area (Å²) in [6.07, 6.45) is 5.68. The number of hydrogen-bond acceptors (Lipinski definition) is 1. The van der Waals surface area contributed by atoms with Gasteiger partial charge >= 0.3 is 6.03 Å². The molecule has 1 aromatic carbocycles. The lowest BCUT2D eigenvalue weighted by Gasteiger charge is -2.12. The summed E-state index contributed by atoms with van der Waals surface area (Å²) in [7, 11) is 0. The molecular formula is C13H16N2O. The Hall–Kier alpha value is -1.95. The second-order valence-corrected chi connectivity index (χ2v) is 3.78. The van der Waals surface area contributed by atoms with E-state index in [0.717, 1.165) is 11.3 Å². The Bertz CT molecular complexity index is 407. The minimum atomic E-state index is -0.228. The van der Waals surface area contributed by atoms with Crippen molar-refractivity contribution in [2.75, 3.05) is 5.32 Å². The second-order valence-electron chi connectivity index (χ2n) is 3.78. The Labute approximate surface area is 96.2 Å². The van der Waals surface area contributed by atoms with Gasteiger partial charge in [0.25, 0.3) is 0 Å². The first kappa shape index (κ1) is 12.1. The van der Waals surface area contributed by atoms with Gasteiger partial charge < -0.3 is 10.6 Å². The molecule has 0 spiro atoms. The van der Waals surface area contributed by atoms with E-state index >= 15 is 0 Å². The summed E-state index contributed by atoms with van der Waals surface area (Å²) in [5, 5.41) is 5.51. The topological polar surface area (TPSA) is 41.1 Å². The van der Waals surface area contributed by atoms with E-state index in [9.17, 15) is 4.79 Å². The van der Waals surface area contributed by atoms with Gasteiger partial charge in [0.2, 0.25) is 0 Å². The van der Waals surface area contributed by atoms with Gasteiger partial charge in [-0.15, -0.1) is 12.3 Å². The Balaban J connectivity index is 2.49. The van der Waals surface area contributed by atoms with Crippen LogP contribution in [0.5, 0.6) is 0 Å². The molecule has 0 saturated carbocycles. The molecule has 0 aromatic heterocycles. The highest BCUT2D eigenvalue weighted by Crippen LogP contribution is 2.09. The SMILES string of the molecule is C#CCC(C)NC(=O)Nc1cccc(C)c1. The molecule has 0 saturated heterocycles. The van der Waals surface area contributed by atoms with Crippen LogP contribution in [-0.4, -0.2) is 12.1 Å². The van der Waals surface area contributed by atoms with E-state index in [1.165, 1.54) is 0 Å². The van der Waals surface area contributed by atoms with Crippen LogP contribution in [0.1, 0.15) is 18.9 Å². The maximum absolute atomic E-state index is 11.5. The van der Waals surface area contributed by atoms with Crippen LogP contribution in [0.3, 0.4) is 0 Å². The number of carbonyl (C=O) groups is 1. The van der Waals surface area contributed by atoms with E-state index in [1.807, 2.05) is 38.1 Å². The van der Waals surface area contributed by atoms with Gasteiger partial charge in [0.1, 0.15) is 0 Å². The molecule has 3 heteroatoms. The quantitative estimate of drug-likeness (QED) is 0.749. The number of aryl methyl sites for hydroxylation is 1. The molecule has 2 N–H and O–H groups in total. The number of terminal acetylenes is 1. The summed E-state index contributed by atoms with van der Waals surface area (Å²) in [5.74, 6) is 2.50. The highest BCUT2D eigenvalue weighted by molar-refractivity contribution is 5.89. The minimum absolute atomic E-state index is 0.0187. The zero-order valence-corrected chi connectivity index (χ0v) is 9.58. The number of urea groups is 1. The monoisotopic (exact) mass is 216 g/mol. The van der Waals surface area contributed by atoms with Crippen LogP contribution in [0, 0.1) is 19.3 Å². The molecule has 0 bridgehead atoms. The van der Waals surface area contributed by atoms with Crippen molar-refractivity contribution in [3.63, 3.8) is 0 Å². The third kappa shape index (κ3) is 4.05. The average molecular weight is 216 g/mol. The van der Waals surface area contributed by atoms with Gasteiger partial charge in [0.15, 0.2) is 0 Å². The fraction of sp³-hybridized carbons (Fsp3) is 0.308. The van der Waals surface area contributed by atoms with Gasteiger partial charge in [-0.3, -0.25) is 0 Å². The molecule has 2 amide bonds. The summed E-state index contributed by atoms with van der Waals surface area (Å²) in [4.78, 5) is 11.5. The lowest BCUT2D eigenvalue weighted by atomic mass is 10.2. The van der Waals surface area contributed by atoms with Crippen LogP contribution in [0.15, 0.2) is 24.3 Å². The van der Waals surface area contributed by atoms with Gasteiger partial charge in [0, 0.05) is 18.2 Å². The Morgan fingerprint density at radius 1 is 1.56 bits per heavy atom. The summed E-state index contributed by atoms with van der Waals surface area (Å²) in [5.41, 5.74) is 1.89. The normalized spacial score (nSPS) is 11.3. The first-order valence-corrected chi connectivity index (χ1v) is 5.19. The summed E-state index contributed by atoms with van der Waals surface area (Å²) >= 11 is 0. The van der Waals surface area contributed by atoms with Gasteiger partial charge in [-0.25, -0.2) is 4.79 Å². The maximum atomic E-state index is 11.5. The van der Waals surface area contributed by atoms with Crippen LogP contribution >= 0.6 is 0 Å². The van der Waals surface area contributed by atoms with E-state index in [4.69, 9.17) is 6.42 Å². The second kappa shape index (κ2) is 5.82. The van der Waals surface area contributed by atoms with Crippen molar-refractivity contribution >= 4 is 11.7 Å². The van der Waals surface area contributed by atoms with E-state index in [0.29, 0.717) is 6.42 Å². The molecule has 16 heavy (non-hydrogen) atoms. The molecule has 1 aromatic rings. The van der Waals surface area contributed by atoms with Crippen molar-refractivity contribution in [3.8, 4) is 12.3 Å². The fourth-order valence-electron chi connectivity index (χ4n) is 1.34. The molecule has 1 atom stereocenters. The predicted octanol–water partition coefficient (Wildman–Crippen LogP) is 2.53. The van der Waals surface area contributed by atoms with Crippen molar-refractivity contribution in [1.82, 2.24) is 5.32 Å². The van der Waals surface area contributed by atoms with Crippen molar-refractivity contribution in [3.05, 3.63) is 29.8 Å². The highest BCUT2D eigenvalue weighted by Gasteiger charge is 2.05. The molecular weight excluding hydrogens is 200 g/mol. The van der Waals surface area contributed by atoms with Gasteiger partial charge in [-0.2, -0.15) is 0 Å². The maximum Gasteiger partial charge on any atom is 0.319 e. The third-order valence-corrected chi connectivity index (χ3v) is 2.08. The fourth-order valence-corrected chi connectivity index (χ4v) is 1.34. The van der Waals surface area contributed by atoms with Crippen molar-refractivity contribution in [1.29, 1.82) is 0 Å². The molecule has 0 aliphatic heterocycles. The number of benzene rings is 1. The largest absolute Gasteiger partial charge is 0.334 e. The summed E-state index contributed by atoms with van der Waals surface area (Å²) in [6, 6.07) is 7.38. The zero-order chi connectivity index (χ0) is 12.0. The Kier molecular flexibility index (Phi) is 4.41. The minimum Gasteiger partial charge on any atom is -0.334 e. The van der Waals surface area contributed by atoms with Crippen LogP contribution < -0.4 is 10.6 Å². The van der Waals surface area contributed by atoms with Gasteiger partial charge in [-0.05, 0) is 31.5 Å². The Morgan fingerprint density at radius 3 is 2.94 bits per heavy atom. The van der Waals surface area contributed by atoms with E-state index in [1.54, 1.807) is 0 Å². The van der Waals surface area contributed by atoms with E-state index in [2.05, 4.69) is 16.6 Å². The average Bonchev–Trinajstić information content (AvgIpc) is 2.17. The molecule has 0 aliphatic rings. The summed E-state index contributed by atoms with van der Waals surface area (Å²) in [6.45, 7) is 3.85. The number of rotatable bonds is 3. The smallest absolute Gasteiger partial charge is 0.319 e. The van der Waals surface area contributed by atoms with Crippen molar-refractivity contribution in [2.45, 2.75) is 26.3 Å². The van der Waals surface area contributed by atoms with Crippen molar-refractivity contribution < 1.29 is 4.79 Å². The van der Waals surface area contributed by atoms with Crippen LogP contribution in [-0.2, 0) is 0 Å². The number of carbonyl (C=O) groups excluding carboxylic acids is 1. The molecule has 0 heterocycles. The molecule has 1 unspecified atom stereocenters. The molecule has 0 fully saturated rings. The number of nitrogens with one attached hydrogen (secondary N) is 2. The predicted molar refractivity (Wildman–Crippen MR) is 66.2 cm³/mol. The molecule has 84 valence electrons. The lowest BCUT2D eigenvalue weighted by molar-refractivity contribution is 0.249. The lowest BCUT2D eigenvalue weighted by Crippen LogP contribution is -2.35. The number of anilines is 1. The van der Waals surface area contributed by atoms with Crippen LogP contribution in [0.2, 0.25) is 0 Å². The first-order chi connectivity index (χ1) is 7.61. The zero-order valence-electron chi connectivity index (χ0n) is 9.58. The van der Waals surface area contributed by atoms with Gasteiger partial charge in [0.05, 0.1) is 0 Å². The Morgan fingerprint density at radius 2 is 2.31 bits per heavy atom. The number of amides is 2. The number of hydrogen-bond donors (Lipinski definition) is 2. The molecule has 0 aliphatic carbocycles. The van der Waals surface area contributed by atoms with Crippen molar-refractivity contribution in [2.24, 2.45) is 0 Å². The standard InChI is InChI=1S/C13H16N2O/c1-4-6-11(3)14-13(16)15-12-8-5-7-10(2)9-12/h1,5,7-9,11H,6H2,2-3H3,(H2,14,15,16). The molecule has 0 radical (unpaired) electrons. The van der Waals surface area contributed by atoms with Gasteiger partial charge in [-0.1, -0.05) is 12.1 Å². The summed E-state index contributed by atoms with van der Waals surface area (Å²) < 4.78 is 0. The van der Waals surface area contributed by atoms with E-state index in [-0.39, 0.29) is 12.1 Å². The first-order valence-electron chi connectivity index (χ1n) is 5.19. The molecule has 3 nitrogen and oxygen atoms in total. The third-order valence-electron chi connectivity index (χ3n) is 2.08. The van der Waals surface area contributed by atoms with E-state index < -0.39 is 0 Å². The highest BCUT2D eigenvalue weighted by atomic mass is 16.2. The van der Waals surface area contributed by atoms with Crippen LogP contribution in [0.25, 0.3) is 0 Å². The molecule has 1 rings (SSSR count). The van der Waals surface area contributed by atoms with Crippen LogP contribution in [0.4, 0.5) is 10.5 Å².